The van der Waals surface area contributed by atoms with Crippen molar-refractivity contribution in [2.75, 3.05) is 0 Å². The zero-order valence-electron chi connectivity index (χ0n) is 9.90. The van der Waals surface area contributed by atoms with E-state index in [1.165, 1.54) is 6.92 Å². The van der Waals surface area contributed by atoms with Crippen LogP contribution in [0.4, 0.5) is 13.2 Å². The predicted molar refractivity (Wildman–Crippen MR) is 62.9 cm³/mol. The van der Waals surface area contributed by atoms with Crippen LogP contribution in [0.15, 0.2) is 28.5 Å². The van der Waals surface area contributed by atoms with Crippen LogP contribution >= 0.6 is 0 Å². The second kappa shape index (κ2) is 4.35. The third kappa shape index (κ3) is 2.66. The Hall–Kier alpha value is -1.34. The molecule has 1 aromatic rings. The van der Waals surface area contributed by atoms with Crippen molar-refractivity contribution in [3.63, 3.8) is 0 Å². The van der Waals surface area contributed by atoms with Crippen LogP contribution in [-0.4, -0.2) is 19.6 Å². The molecular weight excluding hydrogens is 281 g/mol. The van der Waals surface area contributed by atoms with E-state index in [-0.39, 0.29) is 22.5 Å². The van der Waals surface area contributed by atoms with E-state index in [0.29, 0.717) is 0 Å². The Bertz CT molecular complexity index is 643. The lowest BCUT2D eigenvalue weighted by molar-refractivity contribution is -0.137. The molecule has 3 nitrogen and oxygen atoms in total. The molecule has 104 valence electrons. The van der Waals surface area contributed by atoms with Crippen LogP contribution in [0.3, 0.4) is 0 Å². The fourth-order valence-electron chi connectivity index (χ4n) is 2.00. The van der Waals surface area contributed by atoms with Crippen LogP contribution in [0.1, 0.15) is 24.5 Å². The number of benzene rings is 1. The molecule has 0 saturated heterocycles. The second-order valence-electron chi connectivity index (χ2n) is 4.45. The average Bonchev–Trinajstić information content (AvgIpc) is 2.48. The molecule has 1 heterocycles. The number of halogens is 3. The van der Waals surface area contributed by atoms with E-state index in [2.05, 4.69) is 0 Å². The fourth-order valence-corrected chi connectivity index (χ4v) is 3.47. The van der Waals surface area contributed by atoms with Gasteiger partial charge in [0.25, 0.3) is 0 Å². The number of aliphatic hydroxyl groups excluding tert-OH is 1. The summed E-state index contributed by atoms with van der Waals surface area (Å²) in [5.74, 6) is 0. The molecule has 0 aromatic heterocycles. The van der Waals surface area contributed by atoms with E-state index in [1.807, 2.05) is 0 Å². The van der Waals surface area contributed by atoms with Gasteiger partial charge in [-0.15, -0.1) is 0 Å². The van der Waals surface area contributed by atoms with Crippen molar-refractivity contribution < 1.29 is 26.7 Å². The lowest BCUT2D eigenvalue weighted by atomic mass is 10.00. The molecule has 2 rings (SSSR count). The Kier molecular flexibility index (Phi) is 3.22. The summed E-state index contributed by atoms with van der Waals surface area (Å²) in [4.78, 5) is -0.142. The van der Waals surface area contributed by atoms with E-state index in [9.17, 15) is 26.7 Å². The van der Waals surface area contributed by atoms with Gasteiger partial charge in [-0.3, -0.25) is 0 Å². The first kappa shape index (κ1) is 14.1. The minimum absolute atomic E-state index is 0.00641. The number of sulfone groups is 1. The lowest BCUT2D eigenvalue weighted by Crippen LogP contribution is -2.07. The zero-order valence-corrected chi connectivity index (χ0v) is 10.7. The van der Waals surface area contributed by atoms with E-state index in [0.717, 1.165) is 23.6 Å². The summed E-state index contributed by atoms with van der Waals surface area (Å²) in [6.07, 6.45) is -5.37. The molecule has 19 heavy (non-hydrogen) atoms. The Morgan fingerprint density at radius 2 is 1.95 bits per heavy atom. The topological polar surface area (TPSA) is 54.4 Å². The van der Waals surface area contributed by atoms with E-state index in [4.69, 9.17) is 0 Å². The van der Waals surface area contributed by atoms with Crippen LogP contribution in [0.2, 0.25) is 0 Å². The number of hydrogen-bond donors (Lipinski definition) is 1. The number of rotatable bonds is 2. The minimum atomic E-state index is -4.53. The van der Waals surface area contributed by atoms with Crippen LogP contribution in [0.25, 0.3) is 5.57 Å². The first-order valence-corrected chi connectivity index (χ1v) is 7.01. The Morgan fingerprint density at radius 1 is 1.32 bits per heavy atom. The molecule has 1 N–H and O–H groups in total. The third-order valence-corrected chi connectivity index (χ3v) is 4.34. The fraction of sp³-hybridized carbons (Fsp3) is 0.333. The highest BCUT2D eigenvalue weighted by atomic mass is 32.2. The van der Waals surface area contributed by atoms with E-state index in [1.54, 1.807) is 0 Å². The normalized spacial score (nSPS) is 18.9. The molecule has 1 unspecified atom stereocenters. The quantitative estimate of drug-likeness (QED) is 0.911. The highest BCUT2D eigenvalue weighted by Crippen LogP contribution is 2.39. The van der Waals surface area contributed by atoms with Gasteiger partial charge in [0.1, 0.15) is 0 Å². The standard InChI is InChI=1S/C12H11F3O3S/c1-7(16)4-8-6-19(17,18)11-3-2-9(5-10(8)11)12(13,14)15/h2-3,5-7,16H,4H2,1H3. The molecule has 0 radical (unpaired) electrons. The monoisotopic (exact) mass is 292 g/mol. The predicted octanol–water partition coefficient (Wildman–Crippen LogP) is 2.60. The maximum atomic E-state index is 12.6. The van der Waals surface area contributed by atoms with Gasteiger partial charge in [-0.25, -0.2) is 8.42 Å². The van der Waals surface area contributed by atoms with Gasteiger partial charge >= 0.3 is 6.18 Å². The van der Waals surface area contributed by atoms with Gasteiger partial charge in [0.15, 0.2) is 0 Å². The van der Waals surface area contributed by atoms with Crippen molar-refractivity contribution in [2.45, 2.75) is 30.5 Å². The van der Waals surface area contributed by atoms with Crippen molar-refractivity contribution >= 4 is 15.4 Å². The minimum Gasteiger partial charge on any atom is -0.393 e. The van der Waals surface area contributed by atoms with Gasteiger partial charge in [0.2, 0.25) is 9.84 Å². The zero-order chi connectivity index (χ0) is 14.4. The molecule has 1 aromatic carbocycles. The van der Waals surface area contributed by atoms with Gasteiger partial charge in [0, 0.05) is 5.41 Å². The molecule has 1 aliphatic rings. The van der Waals surface area contributed by atoms with Gasteiger partial charge in [-0.1, -0.05) is 0 Å². The molecule has 0 saturated carbocycles. The Morgan fingerprint density at radius 3 is 2.47 bits per heavy atom. The first-order chi connectivity index (χ1) is 8.61. The molecule has 0 fully saturated rings. The summed E-state index contributed by atoms with van der Waals surface area (Å²) in [5, 5.41) is 10.2. The Labute approximate surface area is 108 Å². The SMILES string of the molecule is CC(O)CC1=CS(=O)(=O)c2ccc(C(F)(F)F)cc21. The molecule has 7 heteroatoms. The summed E-state index contributed by atoms with van der Waals surface area (Å²) < 4.78 is 61.4. The summed E-state index contributed by atoms with van der Waals surface area (Å²) in [6.45, 7) is 1.44. The first-order valence-electron chi connectivity index (χ1n) is 5.46. The van der Waals surface area contributed by atoms with Gasteiger partial charge in [-0.05, 0) is 42.7 Å². The Balaban J connectivity index is 2.58. The maximum absolute atomic E-state index is 12.6. The van der Waals surface area contributed by atoms with Gasteiger partial charge < -0.3 is 5.11 Å². The number of fused-ring (bicyclic) bond motifs is 1. The second-order valence-corrected chi connectivity index (χ2v) is 6.22. The van der Waals surface area contributed by atoms with Crippen molar-refractivity contribution in [1.82, 2.24) is 0 Å². The van der Waals surface area contributed by atoms with Crippen molar-refractivity contribution in [1.29, 1.82) is 0 Å². The number of aliphatic hydroxyl groups is 1. The van der Waals surface area contributed by atoms with E-state index >= 15 is 0 Å². The number of alkyl halides is 3. The van der Waals surface area contributed by atoms with Crippen molar-refractivity contribution in [3.8, 4) is 0 Å². The van der Waals surface area contributed by atoms with Crippen LogP contribution in [0, 0.1) is 0 Å². The third-order valence-electron chi connectivity index (χ3n) is 2.77. The van der Waals surface area contributed by atoms with Crippen LogP contribution in [-0.2, 0) is 16.0 Å². The molecule has 0 aliphatic carbocycles. The highest BCUT2D eigenvalue weighted by Gasteiger charge is 2.34. The summed E-state index contributed by atoms with van der Waals surface area (Å²) >= 11 is 0. The molecule has 1 aliphatic heterocycles. The summed E-state index contributed by atoms with van der Waals surface area (Å²) in [6, 6.07) is 2.52. The van der Waals surface area contributed by atoms with Crippen molar-refractivity contribution in [3.05, 3.63) is 34.7 Å². The summed E-state index contributed by atoms with van der Waals surface area (Å²) in [7, 11) is -3.70. The van der Waals surface area contributed by atoms with Crippen LogP contribution in [0.5, 0.6) is 0 Å². The van der Waals surface area contributed by atoms with Gasteiger partial charge in [0.05, 0.1) is 16.6 Å². The van der Waals surface area contributed by atoms with E-state index < -0.39 is 27.7 Å². The average molecular weight is 292 g/mol. The molecule has 0 amide bonds. The van der Waals surface area contributed by atoms with Gasteiger partial charge in [-0.2, -0.15) is 13.2 Å². The van der Waals surface area contributed by atoms with Crippen molar-refractivity contribution in [2.24, 2.45) is 0 Å². The van der Waals surface area contributed by atoms with Crippen LogP contribution < -0.4 is 0 Å². The molecule has 0 spiro atoms. The smallest absolute Gasteiger partial charge is 0.393 e. The maximum Gasteiger partial charge on any atom is 0.416 e. The lowest BCUT2D eigenvalue weighted by Gasteiger charge is -2.11. The molecular formula is C12H11F3O3S. The highest BCUT2D eigenvalue weighted by molar-refractivity contribution is 7.95. The number of hydrogen-bond acceptors (Lipinski definition) is 3. The molecule has 0 bridgehead atoms. The largest absolute Gasteiger partial charge is 0.416 e. The molecule has 1 atom stereocenters. The summed E-state index contributed by atoms with van der Waals surface area (Å²) in [5.41, 5.74) is -0.674.